The summed E-state index contributed by atoms with van der Waals surface area (Å²) in [6, 6.07) is 9.21. The van der Waals surface area contributed by atoms with Crippen molar-refractivity contribution in [1.82, 2.24) is 4.90 Å². The number of hydrogen-bond donors (Lipinski definition) is 1. The molecule has 1 aromatic carbocycles. The first-order chi connectivity index (χ1) is 7.61. The van der Waals surface area contributed by atoms with Gasteiger partial charge < -0.3 is 5.11 Å². The number of aliphatic carboxylic acids is 1. The summed E-state index contributed by atoms with van der Waals surface area (Å²) in [5.74, 6) is -0.779. The Morgan fingerprint density at radius 1 is 1.25 bits per heavy atom. The Labute approximate surface area is 97.7 Å². The molecule has 16 heavy (non-hydrogen) atoms. The van der Waals surface area contributed by atoms with E-state index < -0.39 is 12.0 Å². The van der Waals surface area contributed by atoms with Gasteiger partial charge >= 0.3 is 5.97 Å². The van der Waals surface area contributed by atoms with Crippen LogP contribution >= 0.6 is 0 Å². The van der Waals surface area contributed by atoms with Crippen LogP contribution in [0.3, 0.4) is 0 Å². The Hall–Kier alpha value is -1.35. The predicted octanol–water partition coefficient (Wildman–Crippen LogP) is 2.27. The van der Waals surface area contributed by atoms with Gasteiger partial charge in [0.1, 0.15) is 6.04 Å². The lowest BCUT2D eigenvalue weighted by Gasteiger charge is -2.19. The molecule has 0 aliphatic rings. The topological polar surface area (TPSA) is 40.5 Å². The summed E-state index contributed by atoms with van der Waals surface area (Å²) in [5.41, 5.74) is 1.05. The lowest BCUT2D eigenvalue weighted by Crippen LogP contribution is -2.37. The van der Waals surface area contributed by atoms with E-state index in [0.717, 1.165) is 5.56 Å². The van der Waals surface area contributed by atoms with Crippen LogP contribution in [0, 0.1) is 0 Å². The van der Waals surface area contributed by atoms with Crippen molar-refractivity contribution in [2.75, 3.05) is 14.1 Å². The summed E-state index contributed by atoms with van der Waals surface area (Å²) in [4.78, 5) is 12.6. The fraction of sp³-hybridized carbons (Fsp3) is 0.462. The molecule has 0 heterocycles. The first-order valence-corrected chi connectivity index (χ1v) is 5.54. The number of nitrogens with zero attached hydrogens (tertiary/aromatic N) is 1. The van der Waals surface area contributed by atoms with Crippen LogP contribution in [-0.4, -0.2) is 36.1 Å². The summed E-state index contributed by atoms with van der Waals surface area (Å²) in [7, 11) is 3.56. The minimum Gasteiger partial charge on any atom is -0.480 e. The first kappa shape index (κ1) is 14.6. The van der Waals surface area contributed by atoms with Crippen molar-refractivity contribution in [3.8, 4) is 0 Å². The highest BCUT2D eigenvalue weighted by molar-refractivity contribution is 5.73. The number of carbonyl (C=O) groups is 1. The molecule has 90 valence electrons. The van der Waals surface area contributed by atoms with Crippen LogP contribution in [0.25, 0.3) is 0 Å². The molecule has 3 nitrogen and oxygen atoms in total. The average Bonchev–Trinajstić information content (AvgIpc) is 2.29. The second-order valence-corrected chi connectivity index (χ2v) is 3.51. The minimum atomic E-state index is -0.779. The standard InChI is InChI=1S/C11H15NO2.C2H6/c1-12(2)10(11(13)14)8-9-6-4-3-5-7-9;1-2/h3-7,10H,8H2,1-2H3,(H,13,14);1-2H3. The normalized spacial score (nSPS) is 11.6. The van der Waals surface area contributed by atoms with E-state index in [4.69, 9.17) is 5.11 Å². The van der Waals surface area contributed by atoms with E-state index in [1.807, 2.05) is 44.2 Å². The zero-order chi connectivity index (χ0) is 12.6. The average molecular weight is 223 g/mol. The highest BCUT2D eigenvalue weighted by Crippen LogP contribution is 2.06. The molecule has 0 radical (unpaired) electrons. The molecule has 0 saturated heterocycles. The summed E-state index contributed by atoms with van der Waals surface area (Å²) in [6.07, 6.45) is 0.545. The number of benzene rings is 1. The number of carboxylic acid groups (broad SMARTS) is 1. The molecule has 0 aliphatic carbocycles. The van der Waals surface area contributed by atoms with Crippen LogP contribution in [-0.2, 0) is 11.2 Å². The van der Waals surface area contributed by atoms with E-state index in [2.05, 4.69) is 0 Å². The van der Waals surface area contributed by atoms with E-state index in [1.165, 1.54) is 0 Å². The third-order valence-electron chi connectivity index (χ3n) is 2.18. The van der Waals surface area contributed by atoms with Gasteiger partial charge in [0.2, 0.25) is 0 Å². The van der Waals surface area contributed by atoms with Gasteiger partial charge in [-0.15, -0.1) is 0 Å². The van der Waals surface area contributed by atoms with Crippen LogP contribution in [0.1, 0.15) is 19.4 Å². The number of rotatable bonds is 4. The van der Waals surface area contributed by atoms with Crippen molar-refractivity contribution in [3.05, 3.63) is 35.9 Å². The molecule has 0 amide bonds. The Kier molecular flexibility index (Phi) is 7.21. The van der Waals surface area contributed by atoms with Crippen molar-refractivity contribution in [2.24, 2.45) is 0 Å². The Balaban J connectivity index is 0.00000106. The van der Waals surface area contributed by atoms with Gasteiger partial charge in [-0.25, -0.2) is 0 Å². The summed E-state index contributed by atoms with van der Waals surface area (Å²) in [5, 5.41) is 8.96. The highest BCUT2D eigenvalue weighted by Gasteiger charge is 2.19. The first-order valence-electron chi connectivity index (χ1n) is 5.54. The quantitative estimate of drug-likeness (QED) is 0.851. The van der Waals surface area contributed by atoms with Gasteiger partial charge in [-0.3, -0.25) is 9.69 Å². The van der Waals surface area contributed by atoms with E-state index in [0.29, 0.717) is 6.42 Å². The number of hydrogen-bond acceptors (Lipinski definition) is 2. The smallest absolute Gasteiger partial charge is 0.321 e. The van der Waals surface area contributed by atoms with Gasteiger partial charge in [-0.05, 0) is 26.1 Å². The lowest BCUT2D eigenvalue weighted by molar-refractivity contribution is -0.142. The fourth-order valence-electron chi connectivity index (χ4n) is 1.33. The molecule has 0 spiro atoms. The zero-order valence-corrected chi connectivity index (χ0v) is 10.5. The van der Waals surface area contributed by atoms with Gasteiger partial charge in [-0.2, -0.15) is 0 Å². The predicted molar refractivity (Wildman–Crippen MR) is 66.6 cm³/mol. The molecule has 0 saturated carbocycles. The van der Waals surface area contributed by atoms with Crippen molar-refractivity contribution >= 4 is 5.97 Å². The third-order valence-corrected chi connectivity index (χ3v) is 2.18. The molecular weight excluding hydrogens is 202 g/mol. The fourth-order valence-corrected chi connectivity index (χ4v) is 1.33. The van der Waals surface area contributed by atoms with Crippen LogP contribution < -0.4 is 0 Å². The SMILES string of the molecule is CC.CN(C)C(Cc1ccccc1)C(=O)O. The Bertz CT molecular complexity index is 296. The molecule has 0 aliphatic heterocycles. The molecule has 0 fully saturated rings. The molecule has 1 aromatic rings. The number of carboxylic acids is 1. The second-order valence-electron chi connectivity index (χ2n) is 3.51. The third kappa shape index (κ3) is 4.94. The van der Waals surface area contributed by atoms with E-state index in [-0.39, 0.29) is 0 Å². The van der Waals surface area contributed by atoms with Gasteiger partial charge in [0.25, 0.3) is 0 Å². The van der Waals surface area contributed by atoms with E-state index in [1.54, 1.807) is 19.0 Å². The largest absolute Gasteiger partial charge is 0.480 e. The maximum atomic E-state index is 10.9. The van der Waals surface area contributed by atoms with Gasteiger partial charge in [0.15, 0.2) is 0 Å². The van der Waals surface area contributed by atoms with Crippen molar-refractivity contribution in [2.45, 2.75) is 26.3 Å². The van der Waals surface area contributed by atoms with Crippen molar-refractivity contribution in [1.29, 1.82) is 0 Å². The molecular formula is C13H21NO2. The summed E-state index contributed by atoms with van der Waals surface area (Å²) >= 11 is 0. The van der Waals surface area contributed by atoms with E-state index in [9.17, 15) is 4.79 Å². The molecule has 0 bridgehead atoms. The summed E-state index contributed by atoms with van der Waals surface area (Å²) in [6.45, 7) is 4.00. The van der Waals surface area contributed by atoms with Crippen LogP contribution in [0.2, 0.25) is 0 Å². The Morgan fingerprint density at radius 2 is 1.75 bits per heavy atom. The van der Waals surface area contributed by atoms with E-state index >= 15 is 0 Å². The molecule has 1 N–H and O–H groups in total. The van der Waals surface area contributed by atoms with Gasteiger partial charge in [0.05, 0.1) is 0 Å². The van der Waals surface area contributed by atoms with Crippen molar-refractivity contribution in [3.63, 3.8) is 0 Å². The van der Waals surface area contributed by atoms with Crippen LogP contribution in [0.15, 0.2) is 30.3 Å². The van der Waals surface area contributed by atoms with Gasteiger partial charge in [0, 0.05) is 0 Å². The molecule has 1 unspecified atom stereocenters. The number of likely N-dealkylation sites (N-methyl/N-ethyl adjacent to an activating group) is 1. The maximum absolute atomic E-state index is 10.9. The highest BCUT2D eigenvalue weighted by atomic mass is 16.4. The van der Waals surface area contributed by atoms with Crippen LogP contribution in [0.5, 0.6) is 0 Å². The second kappa shape index (κ2) is 7.88. The Morgan fingerprint density at radius 3 is 2.12 bits per heavy atom. The lowest BCUT2D eigenvalue weighted by atomic mass is 10.1. The van der Waals surface area contributed by atoms with Crippen molar-refractivity contribution < 1.29 is 9.90 Å². The maximum Gasteiger partial charge on any atom is 0.321 e. The van der Waals surface area contributed by atoms with Gasteiger partial charge in [-0.1, -0.05) is 44.2 Å². The molecule has 3 heteroatoms. The molecule has 1 rings (SSSR count). The summed E-state index contributed by atoms with van der Waals surface area (Å²) < 4.78 is 0. The molecule has 0 aromatic heterocycles. The minimum absolute atomic E-state index is 0.447. The zero-order valence-electron chi connectivity index (χ0n) is 10.5. The monoisotopic (exact) mass is 223 g/mol. The molecule has 1 atom stereocenters. The van der Waals surface area contributed by atoms with Crippen LogP contribution in [0.4, 0.5) is 0 Å².